The van der Waals surface area contributed by atoms with Gasteiger partial charge in [-0.15, -0.1) is 0 Å². The Labute approximate surface area is 142 Å². The summed E-state index contributed by atoms with van der Waals surface area (Å²) in [5.74, 6) is -0.147. The van der Waals surface area contributed by atoms with Crippen molar-refractivity contribution >= 4 is 5.91 Å². The van der Waals surface area contributed by atoms with Gasteiger partial charge in [-0.25, -0.2) is 0 Å². The molecular weight excluding hydrogens is 302 g/mol. The maximum Gasteiger partial charge on any atom is 0.253 e. The summed E-state index contributed by atoms with van der Waals surface area (Å²) < 4.78 is 2.00. The third kappa shape index (κ3) is 3.50. The van der Waals surface area contributed by atoms with Crippen molar-refractivity contribution in [3.63, 3.8) is 0 Å². The molecule has 1 aromatic heterocycles. The van der Waals surface area contributed by atoms with Crippen LogP contribution in [0.25, 0.3) is 5.69 Å². The number of aliphatic hydroxyl groups is 1. The Morgan fingerprint density at radius 1 is 1.29 bits per heavy atom. The molecule has 0 aliphatic rings. The number of carbonyl (C=O) groups excluding carboxylic acids is 1. The number of aromatic nitrogens is 1. The molecule has 1 heterocycles. The molecule has 0 saturated heterocycles. The van der Waals surface area contributed by atoms with Crippen LogP contribution in [-0.2, 0) is 0 Å². The molecule has 5 heteroatoms. The predicted octanol–water partition coefficient (Wildman–Crippen LogP) is 2.71. The summed E-state index contributed by atoms with van der Waals surface area (Å²) in [6, 6.07) is 11.1. The molecule has 2 atom stereocenters. The SMILES string of the molecule is Cc1cc(C(=O)NC(C)C(C)CO)c(C)n1-c1ccc(C#N)cc1. The number of rotatable bonds is 5. The normalized spacial score (nSPS) is 13.2. The molecule has 0 bridgehead atoms. The summed E-state index contributed by atoms with van der Waals surface area (Å²) in [7, 11) is 0. The van der Waals surface area contributed by atoms with Crippen LogP contribution in [0.2, 0.25) is 0 Å². The zero-order valence-corrected chi connectivity index (χ0v) is 14.5. The van der Waals surface area contributed by atoms with Crippen LogP contribution in [0.3, 0.4) is 0 Å². The van der Waals surface area contributed by atoms with Crippen LogP contribution in [0, 0.1) is 31.1 Å². The Morgan fingerprint density at radius 2 is 1.92 bits per heavy atom. The monoisotopic (exact) mass is 325 g/mol. The van der Waals surface area contributed by atoms with Crippen LogP contribution >= 0.6 is 0 Å². The highest BCUT2D eigenvalue weighted by molar-refractivity contribution is 5.96. The van der Waals surface area contributed by atoms with Crippen molar-refractivity contribution in [2.75, 3.05) is 6.61 Å². The van der Waals surface area contributed by atoms with E-state index >= 15 is 0 Å². The van der Waals surface area contributed by atoms with E-state index in [1.54, 1.807) is 12.1 Å². The fourth-order valence-electron chi connectivity index (χ4n) is 2.66. The number of aryl methyl sites for hydroxylation is 1. The van der Waals surface area contributed by atoms with Gasteiger partial charge in [0.2, 0.25) is 0 Å². The molecule has 2 N–H and O–H groups in total. The van der Waals surface area contributed by atoms with Gasteiger partial charge in [0.15, 0.2) is 0 Å². The van der Waals surface area contributed by atoms with Gasteiger partial charge in [0.25, 0.3) is 5.91 Å². The molecule has 2 unspecified atom stereocenters. The largest absolute Gasteiger partial charge is 0.396 e. The van der Waals surface area contributed by atoms with Crippen LogP contribution in [0.4, 0.5) is 0 Å². The number of nitrogens with zero attached hydrogens (tertiary/aromatic N) is 2. The second-order valence-electron chi connectivity index (χ2n) is 6.20. The summed E-state index contributed by atoms with van der Waals surface area (Å²) in [5, 5.41) is 21.1. The summed E-state index contributed by atoms with van der Waals surface area (Å²) >= 11 is 0. The van der Waals surface area contributed by atoms with E-state index in [1.165, 1.54) is 0 Å². The van der Waals surface area contributed by atoms with Crippen molar-refractivity contribution in [2.24, 2.45) is 5.92 Å². The first-order valence-corrected chi connectivity index (χ1v) is 8.00. The smallest absolute Gasteiger partial charge is 0.253 e. The number of hydrogen-bond donors (Lipinski definition) is 2. The summed E-state index contributed by atoms with van der Waals surface area (Å²) in [4.78, 5) is 12.5. The van der Waals surface area contributed by atoms with Crippen LogP contribution in [0.1, 0.15) is 41.2 Å². The van der Waals surface area contributed by atoms with E-state index in [-0.39, 0.29) is 24.5 Å². The van der Waals surface area contributed by atoms with Crippen molar-refractivity contribution < 1.29 is 9.90 Å². The molecule has 0 fully saturated rings. The lowest BCUT2D eigenvalue weighted by Gasteiger charge is -2.19. The second-order valence-corrected chi connectivity index (χ2v) is 6.20. The van der Waals surface area contributed by atoms with Gasteiger partial charge in [-0.2, -0.15) is 5.26 Å². The molecule has 1 aromatic carbocycles. The van der Waals surface area contributed by atoms with E-state index in [9.17, 15) is 9.90 Å². The molecule has 2 rings (SSSR count). The third-order valence-electron chi connectivity index (χ3n) is 4.43. The lowest BCUT2D eigenvalue weighted by molar-refractivity contribution is 0.0915. The number of nitrogens with one attached hydrogen (secondary N) is 1. The molecule has 0 radical (unpaired) electrons. The number of carbonyl (C=O) groups is 1. The van der Waals surface area contributed by atoms with Gasteiger partial charge in [0, 0.05) is 29.7 Å². The number of aliphatic hydroxyl groups excluding tert-OH is 1. The van der Waals surface area contributed by atoms with E-state index in [4.69, 9.17) is 5.26 Å². The zero-order valence-electron chi connectivity index (χ0n) is 14.5. The Morgan fingerprint density at radius 3 is 2.46 bits per heavy atom. The van der Waals surface area contributed by atoms with Gasteiger partial charge in [-0.05, 0) is 57.0 Å². The maximum atomic E-state index is 12.5. The molecule has 0 aliphatic heterocycles. The zero-order chi connectivity index (χ0) is 17.9. The standard InChI is InChI=1S/C19H23N3O2/c1-12(11-23)14(3)21-19(24)18-9-13(2)22(15(18)4)17-7-5-16(10-20)6-8-17/h5-9,12,14,23H,11H2,1-4H3,(H,21,24). The van der Waals surface area contributed by atoms with Crippen LogP contribution in [-0.4, -0.2) is 28.2 Å². The molecule has 5 nitrogen and oxygen atoms in total. The lowest BCUT2D eigenvalue weighted by Crippen LogP contribution is -2.38. The number of benzene rings is 1. The van der Waals surface area contributed by atoms with Crippen molar-refractivity contribution in [3.05, 3.63) is 52.8 Å². The third-order valence-corrected chi connectivity index (χ3v) is 4.43. The van der Waals surface area contributed by atoms with E-state index in [1.807, 2.05) is 50.5 Å². The van der Waals surface area contributed by atoms with Gasteiger partial charge < -0.3 is 15.0 Å². The van der Waals surface area contributed by atoms with Crippen molar-refractivity contribution in [2.45, 2.75) is 33.7 Å². The molecule has 126 valence electrons. The Balaban J connectivity index is 2.31. The number of nitriles is 1. The highest BCUT2D eigenvalue weighted by atomic mass is 16.3. The topological polar surface area (TPSA) is 78.0 Å². The average molecular weight is 325 g/mol. The van der Waals surface area contributed by atoms with Gasteiger partial charge in [0.1, 0.15) is 0 Å². The number of hydrogen-bond acceptors (Lipinski definition) is 3. The van der Waals surface area contributed by atoms with Crippen LogP contribution < -0.4 is 5.32 Å². The summed E-state index contributed by atoms with van der Waals surface area (Å²) in [6.45, 7) is 7.66. The van der Waals surface area contributed by atoms with Crippen LogP contribution in [0.5, 0.6) is 0 Å². The summed E-state index contributed by atoms with van der Waals surface area (Å²) in [6.07, 6.45) is 0. The fourth-order valence-corrected chi connectivity index (χ4v) is 2.66. The van der Waals surface area contributed by atoms with Crippen LogP contribution in [0.15, 0.2) is 30.3 Å². The highest BCUT2D eigenvalue weighted by Crippen LogP contribution is 2.21. The first kappa shape index (κ1) is 17.8. The minimum Gasteiger partial charge on any atom is -0.396 e. The van der Waals surface area contributed by atoms with Crippen molar-refractivity contribution in [3.8, 4) is 11.8 Å². The maximum absolute atomic E-state index is 12.5. The molecule has 0 spiro atoms. The summed E-state index contributed by atoms with van der Waals surface area (Å²) in [5.41, 5.74) is 3.93. The Bertz CT molecular complexity index is 769. The molecular formula is C19H23N3O2. The predicted molar refractivity (Wildman–Crippen MR) is 93.1 cm³/mol. The van der Waals surface area contributed by atoms with E-state index in [0.717, 1.165) is 17.1 Å². The van der Waals surface area contributed by atoms with E-state index in [0.29, 0.717) is 11.1 Å². The minimum absolute atomic E-state index is 0.00374. The Hall–Kier alpha value is -2.58. The quantitative estimate of drug-likeness (QED) is 0.887. The molecule has 24 heavy (non-hydrogen) atoms. The minimum atomic E-state index is -0.143. The van der Waals surface area contributed by atoms with Gasteiger partial charge in [0.05, 0.1) is 17.2 Å². The first-order valence-electron chi connectivity index (χ1n) is 8.00. The van der Waals surface area contributed by atoms with Gasteiger partial charge in [-0.1, -0.05) is 6.92 Å². The fraction of sp³-hybridized carbons (Fsp3) is 0.368. The molecule has 0 saturated carbocycles. The van der Waals surface area contributed by atoms with Crippen molar-refractivity contribution in [1.82, 2.24) is 9.88 Å². The molecule has 0 aliphatic carbocycles. The van der Waals surface area contributed by atoms with E-state index < -0.39 is 0 Å². The molecule has 2 aromatic rings. The molecule has 1 amide bonds. The van der Waals surface area contributed by atoms with Gasteiger partial charge >= 0.3 is 0 Å². The van der Waals surface area contributed by atoms with Gasteiger partial charge in [-0.3, -0.25) is 4.79 Å². The van der Waals surface area contributed by atoms with Crippen molar-refractivity contribution in [1.29, 1.82) is 5.26 Å². The lowest BCUT2D eigenvalue weighted by atomic mass is 10.0. The Kier molecular flexibility index (Phi) is 5.42. The highest BCUT2D eigenvalue weighted by Gasteiger charge is 2.20. The second kappa shape index (κ2) is 7.33. The number of amides is 1. The van der Waals surface area contributed by atoms with E-state index in [2.05, 4.69) is 11.4 Å². The first-order chi connectivity index (χ1) is 11.4. The average Bonchev–Trinajstić information content (AvgIpc) is 2.88.